The van der Waals surface area contributed by atoms with Crippen LogP contribution in [0.3, 0.4) is 0 Å². The van der Waals surface area contributed by atoms with E-state index in [2.05, 4.69) is 50.8 Å². The number of thioether (sulfide) groups is 1. The lowest BCUT2D eigenvalue weighted by Crippen LogP contribution is -2.39. The Morgan fingerprint density at radius 1 is 1.53 bits per heavy atom. The molecule has 1 aliphatic carbocycles. The third-order valence-corrected chi connectivity index (χ3v) is 6.01. The van der Waals surface area contributed by atoms with Crippen LogP contribution in [-0.2, 0) is 0 Å². The van der Waals surface area contributed by atoms with Crippen LogP contribution in [0, 0.1) is 3.57 Å². The first-order valence-electron chi connectivity index (χ1n) is 6.49. The fourth-order valence-electron chi connectivity index (χ4n) is 2.42. The number of hydrogen-bond donors (Lipinski definition) is 1. The average Bonchev–Trinajstić information content (AvgIpc) is 2.80. The quantitative estimate of drug-likeness (QED) is 0.682. The molecule has 0 spiro atoms. The number of amides is 1. The van der Waals surface area contributed by atoms with Crippen LogP contribution in [0.2, 0.25) is 0 Å². The lowest BCUT2D eigenvalue weighted by Gasteiger charge is -2.20. The molecule has 0 aromatic heterocycles. The van der Waals surface area contributed by atoms with E-state index in [0.717, 1.165) is 25.8 Å². The van der Waals surface area contributed by atoms with Gasteiger partial charge in [0, 0.05) is 19.3 Å². The fourth-order valence-corrected chi connectivity index (χ4v) is 4.54. The normalized spacial score (nSPS) is 22.5. The van der Waals surface area contributed by atoms with Gasteiger partial charge in [-0.25, -0.2) is 0 Å². The SMILES string of the molecule is CCSC1CCCC1NC(=O)c1cc(I)ccc1Br. The minimum Gasteiger partial charge on any atom is -0.348 e. The molecule has 1 N–H and O–H groups in total. The van der Waals surface area contributed by atoms with Crippen LogP contribution in [0.25, 0.3) is 0 Å². The van der Waals surface area contributed by atoms with Crippen LogP contribution in [0.5, 0.6) is 0 Å². The summed E-state index contributed by atoms with van der Waals surface area (Å²) in [4.78, 5) is 12.4. The number of benzene rings is 1. The van der Waals surface area contributed by atoms with Crippen molar-refractivity contribution in [2.75, 3.05) is 5.75 Å². The number of rotatable bonds is 4. The predicted octanol–water partition coefficient (Wildman–Crippen LogP) is 4.46. The number of nitrogens with one attached hydrogen (secondary N) is 1. The Morgan fingerprint density at radius 3 is 3.05 bits per heavy atom. The molecular weight excluding hydrogens is 437 g/mol. The zero-order valence-corrected chi connectivity index (χ0v) is 15.3. The summed E-state index contributed by atoms with van der Waals surface area (Å²) >= 11 is 7.65. The zero-order valence-electron chi connectivity index (χ0n) is 10.8. The van der Waals surface area contributed by atoms with Gasteiger partial charge in [0.2, 0.25) is 0 Å². The predicted molar refractivity (Wildman–Crippen MR) is 93.9 cm³/mol. The highest BCUT2D eigenvalue weighted by Gasteiger charge is 2.29. The van der Waals surface area contributed by atoms with Gasteiger partial charge in [0.25, 0.3) is 5.91 Å². The zero-order chi connectivity index (χ0) is 13.8. The number of carbonyl (C=O) groups is 1. The van der Waals surface area contributed by atoms with Crippen molar-refractivity contribution in [3.05, 3.63) is 31.8 Å². The molecule has 1 amide bonds. The maximum atomic E-state index is 12.4. The van der Waals surface area contributed by atoms with Crippen molar-refractivity contribution in [2.24, 2.45) is 0 Å². The van der Waals surface area contributed by atoms with E-state index in [1.165, 1.54) is 12.8 Å². The third kappa shape index (κ3) is 4.11. The van der Waals surface area contributed by atoms with Gasteiger partial charge in [-0.3, -0.25) is 4.79 Å². The molecule has 2 atom stereocenters. The Labute approximate surface area is 140 Å². The molecule has 0 saturated heterocycles. The van der Waals surface area contributed by atoms with E-state index in [4.69, 9.17) is 0 Å². The molecule has 1 saturated carbocycles. The van der Waals surface area contributed by atoms with E-state index >= 15 is 0 Å². The maximum absolute atomic E-state index is 12.4. The number of hydrogen-bond acceptors (Lipinski definition) is 2. The first kappa shape index (κ1) is 15.6. The Hall–Kier alpha value is 0.250. The van der Waals surface area contributed by atoms with Crippen molar-refractivity contribution in [1.29, 1.82) is 0 Å². The standard InChI is InChI=1S/C14H17BrINOS/c1-2-19-13-5-3-4-12(13)17-14(18)10-8-9(16)6-7-11(10)15/h6-8,12-13H,2-5H2,1H3,(H,17,18). The minimum absolute atomic E-state index is 0.0407. The molecule has 0 aliphatic heterocycles. The number of halogens is 2. The van der Waals surface area contributed by atoms with Crippen molar-refractivity contribution in [3.8, 4) is 0 Å². The molecular formula is C14H17BrINOS. The Balaban J connectivity index is 2.06. The first-order valence-corrected chi connectivity index (χ1v) is 9.41. The van der Waals surface area contributed by atoms with Gasteiger partial charge in [0.05, 0.1) is 5.56 Å². The summed E-state index contributed by atoms with van der Waals surface area (Å²) in [6, 6.07) is 6.18. The van der Waals surface area contributed by atoms with Crippen molar-refractivity contribution in [2.45, 2.75) is 37.5 Å². The molecule has 1 aromatic rings. The summed E-state index contributed by atoms with van der Waals surface area (Å²) in [5.74, 6) is 1.16. The molecule has 2 nitrogen and oxygen atoms in total. The van der Waals surface area contributed by atoms with Gasteiger partial charge in [-0.1, -0.05) is 13.3 Å². The third-order valence-electron chi connectivity index (χ3n) is 3.32. The summed E-state index contributed by atoms with van der Waals surface area (Å²) < 4.78 is 1.94. The van der Waals surface area contributed by atoms with Crippen LogP contribution in [-0.4, -0.2) is 23.0 Å². The fraction of sp³-hybridized carbons (Fsp3) is 0.500. The molecule has 19 heavy (non-hydrogen) atoms. The topological polar surface area (TPSA) is 29.1 Å². The van der Waals surface area contributed by atoms with E-state index in [9.17, 15) is 4.79 Å². The summed E-state index contributed by atoms with van der Waals surface area (Å²) in [5, 5.41) is 3.78. The van der Waals surface area contributed by atoms with Crippen LogP contribution < -0.4 is 5.32 Å². The second-order valence-corrected chi connectivity index (χ2v) is 8.24. The van der Waals surface area contributed by atoms with Gasteiger partial charge in [0.1, 0.15) is 0 Å². The van der Waals surface area contributed by atoms with Gasteiger partial charge in [-0.15, -0.1) is 0 Å². The smallest absolute Gasteiger partial charge is 0.252 e. The van der Waals surface area contributed by atoms with E-state index in [1.54, 1.807) is 0 Å². The van der Waals surface area contributed by atoms with Crippen molar-refractivity contribution in [1.82, 2.24) is 5.32 Å². The van der Waals surface area contributed by atoms with Gasteiger partial charge in [0.15, 0.2) is 0 Å². The van der Waals surface area contributed by atoms with Crippen LogP contribution in [0.15, 0.2) is 22.7 Å². The van der Waals surface area contributed by atoms with Gasteiger partial charge in [-0.2, -0.15) is 11.8 Å². The lowest BCUT2D eigenvalue weighted by atomic mass is 10.2. The van der Waals surface area contributed by atoms with Gasteiger partial charge >= 0.3 is 0 Å². The molecule has 104 valence electrons. The molecule has 0 radical (unpaired) electrons. The largest absolute Gasteiger partial charge is 0.348 e. The van der Waals surface area contributed by atoms with E-state index in [0.29, 0.717) is 11.3 Å². The van der Waals surface area contributed by atoms with Gasteiger partial charge < -0.3 is 5.32 Å². The Bertz CT molecular complexity index is 469. The molecule has 2 rings (SSSR count). The molecule has 1 aliphatic rings. The summed E-state index contributed by atoms with van der Waals surface area (Å²) in [6.45, 7) is 2.18. The molecule has 1 fully saturated rings. The summed E-state index contributed by atoms with van der Waals surface area (Å²) in [6.07, 6.45) is 3.54. The molecule has 0 heterocycles. The average molecular weight is 454 g/mol. The summed E-state index contributed by atoms with van der Waals surface area (Å²) in [5.41, 5.74) is 0.735. The summed E-state index contributed by atoms with van der Waals surface area (Å²) in [7, 11) is 0. The molecule has 1 aromatic carbocycles. The van der Waals surface area contributed by atoms with Crippen LogP contribution >= 0.6 is 50.3 Å². The van der Waals surface area contributed by atoms with Crippen LogP contribution in [0.1, 0.15) is 36.5 Å². The maximum Gasteiger partial charge on any atom is 0.252 e. The van der Waals surface area contributed by atoms with Crippen molar-refractivity contribution < 1.29 is 4.79 Å². The molecule has 5 heteroatoms. The van der Waals surface area contributed by atoms with Crippen molar-refractivity contribution >= 4 is 56.2 Å². The van der Waals surface area contributed by atoms with E-state index in [-0.39, 0.29) is 5.91 Å². The minimum atomic E-state index is 0.0407. The van der Waals surface area contributed by atoms with E-state index in [1.807, 2.05) is 30.0 Å². The van der Waals surface area contributed by atoms with E-state index < -0.39 is 0 Å². The highest BCUT2D eigenvalue weighted by Crippen LogP contribution is 2.30. The second kappa shape index (κ2) is 7.31. The Kier molecular flexibility index (Phi) is 6.02. The second-order valence-electron chi connectivity index (χ2n) is 4.63. The highest BCUT2D eigenvalue weighted by molar-refractivity contribution is 14.1. The monoisotopic (exact) mass is 453 g/mol. The Morgan fingerprint density at radius 2 is 2.32 bits per heavy atom. The van der Waals surface area contributed by atoms with Crippen LogP contribution in [0.4, 0.5) is 0 Å². The van der Waals surface area contributed by atoms with Gasteiger partial charge in [-0.05, 0) is 75.3 Å². The molecule has 2 unspecified atom stereocenters. The van der Waals surface area contributed by atoms with Crippen molar-refractivity contribution in [3.63, 3.8) is 0 Å². The number of carbonyl (C=O) groups excluding carboxylic acids is 1. The highest BCUT2D eigenvalue weighted by atomic mass is 127. The lowest BCUT2D eigenvalue weighted by molar-refractivity contribution is 0.0938. The molecule has 0 bridgehead atoms. The first-order chi connectivity index (χ1) is 9.11.